The maximum absolute atomic E-state index is 9.30. The van der Waals surface area contributed by atoms with Gasteiger partial charge in [0.15, 0.2) is 5.75 Å². The lowest BCUT2D eigenvalue weighted by atomic mass is 10.1. The van der Waals surface area contributed by atoms with Crippen molar-refractivity contribution in [1.82, 2.24) is 4.98 Å². The van der Waals surface area contributed by atoms with Gasteiger partial charge in [0.2, 0.25) is 0 Å². The smallest absolute Gasteiger partial charge is 0.156 e. The molecule has 3 aromatic rings. The van der Waals surface area contributed by atoms with Gasteiger partial charge in [0.05, 0.1) is 5.52 Å². The first-order valence-electron chi connectivity index (χ1n) is 6.71. The van der Waals surface area contributed by atoms with Crippen molar-refractivity contribution in [1.29, 1.82) is 5.26 Å². The van der Waals surface area contributed by atoms with Crippen molar-refractivity contribution < 1.29 is 4.74 Å². The van der Waals surface area contributed by atoms with E-state index in [1.165, 1.54) is 0 Å². The van der Waals surface area contributed by atoms with Crippen LogP contribution in [0.1, 0.15) is 16.7 Å². The molecule has 0 fully saturated rings. The third-order valence-corrected chi connectivity index (χ3v) is 3.26. The number of nitrogens with zero attached hydrogens (tertiary/aromatic N) is 2. The van der Waals surface area contributed by atoms with Crippen molar-refractivity contribution >= 4 is 10.9 Å². The first kappa shape index (κ1) is 13.1. The van der Waals surface area contributed by atoms with E-state index >= 15 is 0 Å². The molecule has 102 valence electrons. The molecule has 3 rings (SSSR count). The number of hydrogen-bond donors (Lipinski definition) is 0. The summed E-state index contributed by atoms with van der Waals surface area (Å²) in [5, 5.41) is 10.1. The monoisotopic (exact) mass is 274 g/mol. The fraction of sp³-hybridized carbons (Fsp3) is 0.111. The number of aryl methyl sites for hydroxylation is 2. The van der Waals surface area contributed by atoms with Gasteiger partial charge in [-0.25, -0.2) is 0 Å². The van der Waals surface area contributed by atoms with Crippen LogP contribution in [0, 0.1) is 25.2 Å². The van der Waals surface area contributed by atoms with Crippen LogP contribution >= 0.6 is 0 Å². The molecule has 21 heavy (non-hydrogen) atoms. The summed E-state index contributed by atoms with van der Waals surface area (Å²) >= 11 is 0. The molecule has 0 amide bonds. The van der Waals surface area contributed by atoms with Crippen LogP contribution in [-0.2, 0) is 0 Å². The van der Waals surface area contributed by atoms with Gasteiger partial charge in [-0.3, -0.25) is 4.98 Å². The highest BCUT2D eigenvalue weighted by molar-refractivity contribution is 5.87. The van der Waals surface area contributed by atoms with E-state index in [9.17, 15) is 5.26 Å². The van der Waals surface area contributed by atoms with Gasteiger partial charge < -0.3 is 4.74 Å². The van der Waals surface area contributed by atoms with Crippen molar-refractivity contribution in [3.8, 4) is 17.6 Å². The number of benzene rings is 2. The Hall–Kier alpha value is -2.86. The molecule has 1 heterocycles. The summed E-state index contributed by atoms with van der Waals surface area (Å²) in [5.74, 6) is 1.30. The van der Waals surface area contributed by atoms with E-state index in [4.69, 9.17) is 4.74 Å². The number of rotatable bonds is 2. The number of nitriles is 1. The molecule has 0 radical (unpaired) electrons. The van der Waals surface area contributed by atoms with Crippen LogP contribution in [0.4, 0.5) is 0 Å². The van der Waals surface area contributed by atoms with Crippen molar-refractivity contribution in [2.24, 2.45) is 0 Å². The van der Waals surface area contributed by atoms with Gasteiger partial charge in [-0.1, -0.05) is 18.2 Å². The summed E-state index contributed by atoms with van der Waals surface area (Å²) in [4.78, 5) is 4.29. The molecule has 0 aliphatic rings. The zero-order chi connectivity index (χ0) is 14.8. The minimum absolute atomic E-state index is 0.438. The van der Waals surface area contributed by atoms with Crippen LogP contribution in [0.5, 0.6) is 11.5 Å². The normalized spacial score (nSPS) is 10.3. The quantitative estimate of drug-likeness (QED) is 0.690. The average Bonchev–Trinajstić information content (AvgIpc) is 2.46. The standard InChI is InChI=1S/C18H14N2O/c1-12-7-13(2)9-15(8-12)21-18-14(10-19)11-20-17-6-4-3-5-16(17)18/h3-9,11H,1-2H3. The van der Waals surface area contributed by atoms with E-state index in [0.29, 0.717) is 11.3 Å². The molecule has 1 aromatic heterocycles. The molecule has 0 N–H and O–H groups in total. The second kappa shape index (κ2) is 5.26. The Labute approximate surface area is 123 Å². The number of para-hydroxylation sites is 1. The molecule has 3 nitrogen and oxygen atoms in total. The molecule has 0 unspecified atom stereocenters. The van der Waals surface area contributed by atoms with Gasteiger partial charge in [0.25, 0.3) is 0 Å². The predicted octanol–water partition coefficient (Wildman–Crippen LogP) is 4.52. The van der Waals surface area contributed by atoms with Crippen molar-refractivity contribution in [2.45, 2.75) is 13.8 Å². The molecule has 0 saturated carbocycles. The van der Waals surface area contributed by atoms with Crippen molar-refractivity contribution in [2.75, 3.05) is 0 Å². The van der Waals surface area contributed by atoms with Gasteiger partial charge >= 0.3 is 0 Å². The Morgan fingerprint density at radius 1 is 1.05 bits per heavy atom. The summed E-state index contributed by atoms with van der Waals surface area (Å²) in [6, 6.07) is 15.8. The lowest BCUT2D eigenvalue weighted by Crippen LogP contribution is -1.93. The molecule has 0 atom stereocenters. The zero-order valence-electron chi connectivity index (χ0n) is 11.9. The highest BCUT2D eigenvalue weighted by Crippen LogP contribution is 2.32. The van der Waals surface area contributed by atoms with E-state index in [1.54, 1.807) is 6.20 Å². The van der Waals surface area contributed by atoms with Gasteiger partial charge in [-0.05, 0) is 49.2 Å². The van der Waals surface area contributed by atoms with E-state index in [2.05, 4.69) is 17.1 Å². The third kappa shape index (κ3) is 2.56. The van der Waals surface area contributed by atoms with E-state index in [-0.39, 0.29) is 0 Å². The molecule has 0 aliphatic heterocycles. The molecule has 0 aliphatic carbocycles. The number of aromatic nitrogens is 1. The second-order valence-corrected chi connectivity index (χ2v) is 5.06. The summed E-state index contributed by atoms with van der Waals surface area (Å²) in [5.41, 5.74) is 3.51. The average molecular weight is 274 g/mol. The SMILES string of the molecule is Cc1cc(C)cc(Oc2c(C#N)cnc3ccccc23)c1. The van der Waals surface area contributed by atoms with Crippen LogP contribution in [0.25, 0.3) is 10.9 Å². The Kier molecular flexibility index (Phi) is 3.29. The van der Waals surface area contributed by atoms with E-state index < -0.39 is 0 Å². The Bertz CT molecular complexity index is 842. The summed E-state index contributed by atoms with van der Waals surface area (Å²) in [6.07, 6.45) is 1.56. The highest BCUT2D eigenvalue weighted by atomic mass is 16.5. The van der Waals surface area contributed by atoms with Gasteiger partial charge in [-0.2, -0.15) is 5.26 Å². The van der Waals surface area contributed by atoms with E-state index in [1.807, 2.05) is 50.2 Å². The Morgan fingerprint density at radius 2 is 1.76 bits per heavy atom. The lowest BCUT2D eigenvalue weighted by molar-refractivity contribution is 0.485. The fourth-order valence-corrected chi connectivity index (χ4v) is 2.42. The highest BCUT2D eigenvalue weighted by Gasteiger charge is 2.11. The van der Waals surface area contributed by atoms with Crippen LogP contribution in [0.2, 0.25) is 0 Å². The molecule has 0 bridgehead atoms. The predicted molar refractivity (Wildman–Crippen MR) is 82.4 cm³/mol. The number of ether oxygens (including phenoxy) is 1. The van der Waals surface area contributed by atoms with Gasteiger partial charge in [-0.15, -0.1) is 0 Å². The fourth-order valence-electron chi connectivity index (χ4n) is 2.42. The van der Waals surface area contributed by atoms with Crippen LogP contribution in [-0.4, -0.2) is 4.98 Å². The topological polar surface area (TPSA) is 45.9 Å². The molecular formula is C18H14N2O. The van der Waals surface area contributed by atoms with Gasteiger partial charge in [0.1, 0.15) is 17.4 Å². The minimum Gasteiger partial charge on any atom is -0.455 e. The van der Waals surface area contributed by atoms with Crippen molar-refractivity contribution in [3.05, 3.63) is 65.4 Å². The molecule has 2 aromatic carbocycles. The van der Waals surface area contributed by atoms with Gasteiger partial charge in [0, 0.05) is 11.6 Å². The maximum Gasteiger partial charge on any atom is 0.156 e. The summed E-state index contributed by atoms with van der Waals surface area (Å²) in [7, 11) is 0. The first-order valence-corrected chi connectivity index (χ1v) is 6.71. The Morgan fingerprint density at radius 3 is 2.48 bits per heavy atom. The molecule has 0 spiro atoms. The number of hydrogen-bond acceptors (Lipinski definition) is 3. The Balaban J connectivity index is 2.17. The van der Waals surface area contributed by atoms with Crippen LogP contribution in [0.15, 0.2) is 48.7 Å². The zero-order valence-corrected chi connectivity index (χ0v) is 11.9. The third-order valence-electron chi connectivity index (χ3n) is 3.26. The van der Waals surface area contributed by atoms with Crippen molar-refractivity contribution in [3.63, 3.8) is 0 Å². The number of fused-ring (bicyclic) bond motifs is 1. The minimum atomic E-state index is 0.438. The molecular weight excluding hydrogens is 260 g/mol. The number of pyridine rings is 1. The summed E-state index contributed by atoms with van der Waals surface area (Å²) in [6.45, 7) is 4.05. The largest absolute Gasteiger partial charge is 0.455 e. The van der Waals surface area contributed by atoms with Crippen LogP contribution in [0.3, 0.4) is 0 Å². The first-order chi connectivity index (χ1) is 10.2. The molecule has 0 saturated heterocycles. The molecule has 3 heteroatoms. The summed E-state index contributed by atoms with van der Waals surface area (Å²) < 4.78 is 6.01. The second-order valence-electron chi connectivity index (χ2n) is 5.06. The van der Waals surface area contributed by atoms with E-state index in [0.717, 1.165) is 27.8 Å². The maximum atomic E-state index is 9.30. The lowest BCUT2D eigenvalue weighted by Gasteiger charge is -2.11. The van der Waals surface area contributed by atoms with Crippen LogP contribution < -0.4 is 4.74 Å².